The van der Waals surface area contributed by atoms with E-state index in [1.165, 1.54) is 0 Å². The summed E-state index contributed by atoms with van der Waals surface area (Å²) in [5.74, 6) is 0. The molecule has 0 spiro atoms. The van der Waals surface area contributed by atoms with Crippen molar-refractivity contribution >= 4 is 22.8 Å². The summed E-state index contributed by atoms with van der Waals surface area (Å²) in [7, 11) is -4.21. The molecule has 1 aromatic carbocycles. The number of hydrogen-bond donors (Lipinski definition) is 0. The standard InChI is InChI=1S/C24H43NO3Si2/c1-12-21(27-29(8,9)23(2,3)4)22(28-30(10,11)24(5,6)7)19-25(26)18-20-16-14-13-15-17-20/h12-17,19,21-22H,1,18H2,2-11H3/b25-19-/t21-,22-/m0/s1. The lowest BCUT2D eigenvalue weighted by molar-refractivity contribution is -0.472. The van der Waals surface area contributed by atoms with Crippen molar-refractivity contribution in [2.75, 3.05) is 0 Å². The number of nitrogens with zero attached hydrogens (tertiary/aromatic N) is 1. The number of rotatable bonds is 9. The fraction of sp³-hybridized carbons (Fsp3) is 0.625. The molecule has 170 valence electrons. The Kier molecular flexibility index (Phi) is 8.88. The number of hydrogen-bond acceptors (Lipinski definition) is 3. The van der Waals surface area contributed by atoms with Crippen molar-refractivity contribution in [1.29, 1.82) is 0 Å². The Balaban J connectivity index is 3.27. The van der Waals surface area contributed by atoms with Crippen LogP contribution in [0.15, 0.2) is 43.0 Å². The molecular weight excluding hydrogens is 406 g/mol. The lowest BCUT2D eigenvalue weighted by Crippen LogP contribution is -2.52. The van der Waals surface area contributed by atoms with Gasteiger partial charge in [-0.25, -0.2) is 4.74 Å². The highest BCUT2D eigenvalue weighted by molar-refractivity contribution is 6.74. The molecule has 4 nitrogen and oxygen atoms in total. The molecule has 0 radical (unpaired) electrons. The summed E-state index contributed by atoms with van der Waals surface area (Å²) in [5, 5.41) is 12.9. The summed E-state index contributed by atoms with van der Waals surface area (Å²) in [5.41, 5.74) is 0.968. The smallest absolute Gasteiger partial charge is 0.193 e. The van der Waals surface area contributed by atoms with Crippen molar-refractivity contribution in [2.45, 2.75) is 96.6 Å². The van der Waals surface area contributed by atoms with Crippen LogP contribution in [0.2, 0.25) is 36.3 Å². The lowest BCUT2D eigenvalue weighted by atomic mass is 10.2. The molecule has 1 rings (SSSR count). The molecule has 0 aliphatic heterocycles. The SMILES string of the molecule is C=C[C@H](O[Si](C)(C)C(C)(C)C)[C@H](/C=[N+](\[O-])Cc1ccccc1)O[Si](C)(C)C(C)(C)C. The maximum atomic E-state index is 12.9. The summed E-state index contributed by atoms with van der Waals surface area (Å²) in [4.78, 5) is 0. The highest BCUT2D eigenvalue weighted by Crippen LogP contribution is 2.40. The second-order valence-corrected chi connectivity index (χ2v) is 20.6. The maximum absolute atomic E-state index is 12.9. The Morgan fingerprint density at radius 1 is 0.900 bits per heavy atom. The third kappa shape index (κ3) is 7.48. The molecule has 0 N–H and O–H groups in total. The van der Waals surface area contributed by atoms with Crippen molar-refractivity contribution < 1.29 is 13.6 Å². The number of hydroxylamine groups is 1. The van der Waals surface area contributed by atoms with E-state index in [0.29, 0.717) is 0 Å². The van der Waals surface area contributed by atoms with Gasteiger partial charge in [0.15, 0.2) is 35.5 Å². The zero-order chi connectivity index (χ0) is 23.4. The van der Waals surface area contributed by atoms with Gasteiger partial charge < -0.3 is 14.1 Å². The van der Waals surface area contributed by atoms with Gasteiger partial charge in [-0.3, -0.25) is 0 Å². The van der Waals surface area contributed by atoms with E-state index in [1.54, 1.807) is 12.3 Å². The summed E-state index contributed by atoms with van der Waals surface area (Å²) in [6.07, 6.45) is 2.60. The minimum atomic E-state index is -2.14. The van der Waals surface area contributed by atoms with Gasteiger partial charge in [0.25, 0.3) is 0 Å². The molecule has 0 fully saturated rings. The van der Waals surface area contributed by atoms with E-state index in [2.05, 4.69) is 74.3 Å². The van der Waals surface area contributed by atoms with Crippen molar-refractivity contribution in [3.63, 3.8) is 0 Å². The van der Waals surface area contributed by atoms with E-state index < -0.39 is 22.7 Å². The van der Waals surface area contributed by atoms with Gasteiger partial charge in [-0.05, 0) is 36.3 Å². The third-order valence-electron chi connectivity index (χ3n) is 6.52. The topological polar surface area (TPSA) is 44.5 Å². The van der Waals surface area contributed by atoms with Gasteiger partial charge in [0.05, 0.1) is 6.10 Å². The zero-order valence-corrected chi connectivity index (χ0v) is 22.8. The van der Waals surface area contributed by atoms with Crippen LogP contribution >= 0.6 is 0 Å². The largest absolute Gasteiger partial charge is 0.624 e. The highest BCUT2D eigenvalue weighted by Gasteiger charge is 2.44. The van der Waals surface area contributed by atoms with E-state index >= 15 is 0 Å². The molecule has 0 amide bonds. The second kappa shape index (κ2) is 9.94. The van der Waals surface area contributed by atoms with E-state index in [4.69, 9.17) is 8.85 Å². The fourth-order valence-corrected chi connectivity index (χ4v) is 4.94. The minimum absolute atomic E-state index is 0.0227. The zero-order valence-electron chi connectivity index (χ0n) is 20.8. The summed E-state index contributed by atoms with van der Waals surface area (Å²) in [6, 6.07) is 9.76. The maximum Gasteiger partial charge on any atom is 0.193 e. The first-order chi connectivity index (χ1) is 13.5. The van der Waals surface area contributed by atoms with Crippen LogP contribution in [0, 0.1) is 5.21 Å². The predicted molar refractivity (Wildman–Crippen MR) is 134 cm³/mol. The molecule has 6 heteroatoms. The van der Waals surface area contributed by atoms with E-state index in [-0.39, 0.29) is 22.7 Å². The summed E-state index contributed by atoms with van der Waals surface area (Å²) >= 11 is 0. The number of benzene rings is 1. The Morgan fingerprint density at radius 3 is 1.73 bits per heavy atom. The fourth-order valence-electron chi connectivity index (χ4n) is 2.45. The van der Waals surface area contributed by atoms with Crippen LogP contribution in [-0.4, -0.2) is 39.8 Å². The van der Waals surface area contributed by atoms with E-state index in [9.17, 15) is 5.21 Å². The van der Waals surface area contributed by atoms with Gasteiger partial charge in [-0.1, -0.05) is 78.0 Å². The average molecular weight is 450 g/mol. The molecule has 0 aliphatic rings. The first kappa shape index (κ1) is 26.8. The second-order valence-electron chi connectivity index (χ2n) is 11.1. The van der Waals surface area contributed by atoms with Gasteiger partial charge in [-0.2, -0.15) is 0 Å². The highest BCUT2D eigenvalue weighted by atomic mass is 28.4. The van der Waals surface area contributed by atoms with Gasteiger partial charge in [0.1, 0.15) is 0 Å². The Bertz CT molecular complexity index is 716. The van der Waals surface area contributed by atoms with Crippen LogP contribution in [0.3, 0.4) is 0 Å². The van der Waals surface area contributed by atoms with Gasteiger partial charge in [-0.15, -0.1) is 6.58 Å². The minimum Gasteiger partial charge on any atom is -0.624 e. The quantitative estimate of drug-likeness (QED) is 0.105. The Hall–Kier alpha value is -1.22. The lowest BCUT2D eigenvalue weighted by Gasteiger charge is -2.43. The van der Waals surface area contributed by atoms with Crippen LogP contribution in [0.5, 0.6) is 0 Å². The predicted octanol–water partition coefficient (Wildman–Crippen LogP) is 6.73. The molecule has 0 heterocycles. The van der Waals surface area contributed by atoms with Crippen LogP contribution in [0.4, 0.5) is 0 Å². The average Bonchev–Trinajstić information content (AvgIpc) is 2.57. The summed E-state index contributed by atoms with van der Waals surface area (Å²) in [6.45, 7) is 26.4. The monoisotopic (exact) mass is 449 g/mol. The molecule has 0 saturated heterocycles. The van der Waals surface area contributed by atoms with E-state index in [1.807, 2.05) is 30.3 Å². The molecule has 30 heavy (non-hydrogen) atoms. The molecule has 0 aromatic heterocycles. The normalized spacial score (nSPS) is 16.3. The van der Waals surface area contributed by atoms with Gasteiger partial charge >= 0.3 is 0 Å². The van der Waals surface area contributed by atoms with Crippen molar-refractivity contribution in [3.8, 4) is 0 Å². The Morgan fingerprint density at radius 2 is 1.33 bits per heavy atom. The molecule has 0 aliphatic carbocycles. The van der Waals surface area contributed by atoms with Crippen LogP contribution in [0.1, 0.15) is 47.1 Å². The van der Waals surface area contributed by atoms with Crippen LogP contribution in [0.25, 0.3) is 0 Å². The van der Waals surface area contributed by atoms with Crippen LogP contribution in [-0.2, 0) is 15.4 Å². The van der Waals surface area contributed by atoms with Gasteiger partial charge in [0.2, 0.25) is 0 Å². The molecule has 1 aromatic rings. The molecule has 0 bridgehead atoms. The summed E-state index contributed by atoms with van der Waals surface area (Å²) < 4.78 is 14.3. The molecule has 0 saturated carbocycles. The molecular formula is C24H43NO3Si2. The van der Waals surface area contributed by atoms with Crippen molar-refractivity contribution in [3.05, 3.63) is 53.8 Å². The first-order valence-corrected chi connectivity index (χ1v) is 16.6. The van der Waals surface area contributed by atoms with Gasteiger partial charge in [0, 0.05) is 5.56 Å². The molecule has 0 unspecified atom stereocenters. The van der Waals surface area contributed by atoms with Crippen molar-refractivity contribution in [1.82, 2.24) is 0 Å². The first-order valence-electron chi connectivity index (χ1n) is 10.8. The molecule has 2 atom stereocenters. The van der Waals surface area contributed by atoms with Crippen molar-refractivity contribution in [2.24, 2.45) is 0 Å². The Labute approximate surface area is 186 Å². The van der Waals surface area contributed by atoms with E-state index in [0.717, 1.165) is 10.3 Å². The van der Waals surface area contributed by atoms with Crippen LogP contribution < -0.4 is 0 Å². The third-order valence-corrected chi connectivity index (χ3v) is 15.5.